The average molecular weight is 265 g/mol. The molecule has 2 aliphatic heterocycles. The molecule has 0 aromatic carbocycles. The van der Waals surface area contributed by atoms with Crippen molar-refractivity contribution in [2.45, 2.75) is 44.2 Å². The Balaban J connectivity index is 1.63. The van der Waals surface area contributed by atoms with Crippen LogP contribution >= 0.6 is 0 Å². The zero-order chi connectivity index (χ0) is 13.4. The van der Waals surface area contributed by atoms with E-state index < -0.39 is 0 Å². The van der Waals surface area contributed by atoms with E-state index in [1.54, 1.807) is 4.90 Å². The van der Waals surface area contributed by atoms with E-state index in [2.05, 4.69) is 10.6 Å². The Morgan fingerprint density at radius 2 is 2.05 bits per heavy atom. The number of carbonyl (C=O) groups excluding carboxylic acids is 3. The number of likely N-dealkylation sites (tertiary alicyclic amines) is 1. The van der Waals surface area contributed by atoms with E-state index in [4.69, 9.17) is 0 Å². The molecule has 2 N–H and O–H groups in total. The topological polar surface area (TPSA) is 78.5 Å². The molecule has 0 aromatic heterocycles. The molecule has 3 fully saturated rings. The van der Waals surface area contributed by atoms with Gasteiger partial charge in [-0.2, -0.15) is 0 Å². The highest BCUT2D eigenvalue weighted by molar-refractivity contribution is 5.93. The summed E-state index contributed by atoms with van der Waals surface area (Å²) in [4.78, 5) is 37.3. The lowest BCUT2D eigenvalue weighted by molar-refractivity contribution is -0.141. The Kier molecular flexibility index (Phi) is 3.16. The van der Waals surface area contributed by atoms with Crippen molar-refractivity contribution < 1.29 is 14.4 Å². The van der Waals surface area contributed by atoms with Crippen LogP contribution < -0.4 is 10.6 Å². The second kappa shape index (κ2) is 4.83. The molecular weight excluding hydrogens is 246 g/mol. The van der Waals surface area contributed by atoms with Crippen LogP contribution in [0.1, 0.15) is 32.1 Å². The Labute approximate surface area is 111 Å². The first-order chi connectivity index (χ1) is 9.15. The third-order valence-corrected chi connectivity index (χ3v) is 4.09. The maximum atomic E-state index is 12.4. The second-order valence-electron chi connectivity index (χ2n) is 5.68. The molecule has 19 heavy (non-hydrogen) atoms. The summed E-state index contributed by atoms with van der Waals surface area (Å²) in [5.41, 5.74) is 0. The highest BCUT2D eigenvalue weighted by atomic mass is 16.2. The van der Waals surface area contributed by atoms with Gasteiger partial charge in [-0.15, -0.1) is 0 Å². The van der Waals surface area contributed by atoms with Crippen molar-refractivity contribution in [3.63, 3.8) is 0 Å². The van der Waals surface area contributed by atoms with Gasteiger partial charge in [0.25, 0.3) is 0 Å². The van der Waals surface area contributed by atoms with E-state index in [9.17, 15) is 14.4 Å². The third-order valence-electron chi connectivity index (χ3n) is 4.09. The first-order valence-corrected chi connectivity index (χ1v) is 7.02. The van der Waals surface area contributed by atoms with Crippen LogP contribution in [0, 0.1) is 5.92 Å². The Bertz CT molecular complexity index is 419. The summed E-state index contributed by atoms with van der Waals surface area (Å²) in [5.74, 6) is -0.434. The average Bonchev–Trinajstić information content (AvgIpc) is 2.92. The van der Waals surface area contributed by atoms with Crippen LogP contribution in [0.5, 0.6) is 0 Å². The van der Waals surface area contributed by atoms with Gasteiger partial charge in [0, 0.05) is 25.6 Å². The van der Waals surface area contributed by atoms with Gasteiger partial charge in [0.15, 0.2) is 0 Å². The van der Waals surface area contributed by atoms with Crippen LogP contribution in [0.4, 0.5) is 0 Å². The molecule has 0 radical (unpaired) electrons. The minimum atomic E-state index is -0.330. The first kappa shape index (κ1) is 12.4. The maximum Gasteiger partial charge on any atom is 0.243 e. The summed E-state index contributed by atoms with van der Waals surface area (Å²) in [7, 11) is 0. The van der Waals surface area contributed by atoms with Crippen LogP contribution in [0.2, 0.25) is 0 Å². The van der Waals surface area contributed by atoms with Crippen molar-refractivity contribution in [3.05, 3.63) is 0 Å². The zero-order valence-corrected chi connectivity index (χ0v) is 10.9. The van der Waals surface area contributed by atoms with Gasteiger partial charge in [-0.05, 0) is 25.7 Å². The van der Waals surface area contributed by atoms with Crippen LogP contribution in [0.3, 0.4) is 0 Å². The Morgan fingerprint density at radius 3 is 2.68 bits per heavy atom. The van der Waals surface area contributed by atoms with Crippen molar-refractivity contribution in [3.8, 4) is 0 Å². The Hall–Kier alpha value is -1.59. The highest BCUT2D eigenvalue weighted by Gasteiger charge is 2.40. The van der Waals surface area contributed by atoms with E-state index in [0.717, 1.165) is 25.7 Å². The molecule has 3 aliphatic rings. The molecule has 104 valence electrons. The Morgan fingerprint density at radius 1 is 1.26 bits per heavy atom. The summed E-state index contributed by atoms with van der Waals surface area (Å²) in [6.45, 7) is 1.04. The molecule has 3 rings (SSSR count). The van der Waals surface area contributed by atoms with Crippen molar-refractivity contribution in [1.29, 1.82) is 0 Å². The maximum absolute atomic E-state index is 12.4. The molecule has 3 amide bonds. The first-order valence-electron chi connectivity index (χ1n) is 7.02. The molecule has 6 heteroatoms. The number of rotatable bonds is 3. The van der Waals surface area contributed by atoms with Gasteiger partial charge < -0.3 is 15.5 Å². The number of hydrogen-bond acceptors (Lipinski definition) is 3. The lowest BCUT2D eigenvalue weighted by Gasteiger charge is -2.26. The summed E-state index contributed by atoms with van der Waals surface area (Å²) in [5, 5.41) is 5.64. The van der Waals surface area contributed by atoms with Gasteiger partial charge >= 0.3 is 0 Å². The number of amides is 3. The van der Waals surface area contributed by atoms with Crippen molar-refractivity contribution in [2.24, 2.45) is 5.92 Å². The van der Waals surface area contributed by atoms with E-state index in [1.807, 2.05) is 0 Å². The largest absolute Gasteiger partial charge is 0.355 e. The lowest BCUT2D eigenvalue weighted by Crippen LogP contribution is -2.48. The summed E-state index contributed by atoms with van der Waals surface area (Å²) in [6, 6.07) is -0.0106. The van der Waals surface area contributed by atoms with Crippen molar-refractivity contribution >= 4 is 17.7 Å². The fourth-order valence-corrected chi connectivity index (χ4v) is 2.84. The van der Waals surface area contributed by atoms with Crippen LogP contribution in [-0.2, 0) is 14.4 Å². The fraction of sp³-hybridized carbons (Fsp3) is 0.769. The number of nitrogens with zero attached hydrogens (tertiary/aromatic N) is 1. The third kappa shape index (κ3) is 2.57. The molecule has 0 bridgehead atoms. The van der Waals surface area contributed by atoms with Gasteiger partial charge in [-0.1, -0.05) is 0 Å². The van der Waals surface area contributed by atoms with E-state index >= 15 is 0 Å². The monoisotopic (exact) mass is 265 g/mol. The predicted molar refractivity (Wildman–Crippen MR) is 67.0 cm³/mol. The zero-order valence-electron chi connectivity index (χ0n) is 10.9. The van der Waals surface area contributed by atoms with Gasteiger partial charge in [-0.25, -0.2) is 0 Å². The highest BCUT2D eigenvalue weighted by Crippen LogP contribution is 2.24. The molecule has 6 nitrogen and oxygen atoms in total. The number of hydrogen-bond donors (Lipinski definition) is 2. The molecule has 0 spiro atoms. The van der Waals surface area contributed by atoms with Crippen LogP contribution in [-0.4, -0.2) is 47.8 Å². The molecule has 2 unspecified atom stereocenters. The molecule has 2 heterocycles. The second-order valence-corrected chi connectivity index (χ2v) is 5.68. The van der Waals surface area contributed by atoms with E-state index in [-0.39, 0.29) is 36.1 Å². The van der Waals surface area contributed by atoms with E-state index in [0.29, 0.717) is 19.1 Å². The van der Waals surface area contributed by atoms with Gasteiger partial charge in [0.2, 0.25) is 17.7 Å². The van der Waals surface area contributed by atoms with Gasteiger partial charge in [-0.3, -0.25) is 14.4 Å². The quantitative estimate of drug-likeness (QED) is 0.714. The normalized spacial score (nSPS) is 30.3. The van der Waals surface area contributed by atoms with Gasteiger partial charge in [0.1, 0.15) is 6.04 Å². The van der Waals surface area contributed by atoms with Crippen molar-refractivity contribution in [1.82, 2.24) is 15.5 Å². The molecular formula is C13H19N3O3. The molecule has 2 atom stereocenters. The molecule has 0 aromatic rings. The number of nitrogens with one attached hydrogen (secondary N) is 2. The SMILES string of the molecule is O=C1CC(C(=O)N2CCCC2C(=O)NC2CC2)CN1. The number of carbonyl (C=O) groups is 3. The molecule has 2 saturated heterocycles. The molecule has 1 aliphatic carbocycles. The summed E-state index contributed by atoms with van der Waals surface area (Å²) < 4.78 is 0. The predicted octanol–water partition coefficient (Wildman–Crippen LogP) is -0.608. The van der Waals surface area contributed by atoms with Crippen LogP contribution in [0.15, 0.2) is 0 Å². The van der Waals surface area contributed by atoms with Crippen LogP contribution in [0.25, 0.3) is 0 Å². The summed E-state index contributed by atoms with van der Waals surface area (Å²) in [6.07, 6.45) is 3.95. The minimum absolute atomic E-state index is 0.0226. The minimum Gasteiger partial charge on any atom is -0.355 e. The van der Waals surface area contributed by atoms with Gasteiger partial charge in [0.05, 0.1) is 5.92 Å². The fourth-order valence-electron chi connectivity index (χ4n) is 2.84. The molecule has 1 saturated carbocycles. The standard InChI is InChI=1S/C13H19N3O3/c17-11-6-8(7-14-11)13(19)16-5-1-2-10(16)12(18)15-9-3-4-9/h8-10H,1-7H2,(H,14,17)(H,15,18). The smallest absolute Gasteiger partial charge is 0.243 e. The van der Waals surface area contributed by atoms with Crippen molar-refractivity contribution in [2.75, 3.05) is 13.1 Å². The van der Waals surface area contributed by atoms with E-state index in [1.165, 1.54) is 0 Å². The summed E-state index contributed by atoms with van der Waals surface area (Å²) >= 11 is 0. The lowest BCUT2D eigenvalue weighted by atomic mass is 10.1.